The van der Waals surface area contributed by atoms with Gasteiger partial charge >= 0.3 is 5.97 Å². The molecule has 0 bridgehead atoms. The van der Waals surface area contributed by atoms with Gasteiger partial charge in [0.25, 0.3) is 0 Å². The lowest BCUT2D eigenvalue weighted by atomic mass is 10.2. The molecule has 1 heterocycles. The summed E-state index contributed by atoms with van der Waals surface area (Å²) in [5.74, 6) is -0.768. The fraction of sp³-hybridized carbons (Fsp3) is 0.889. The molecule has 1 N–H and O–H groups in total. The van der Waals surface area contributed by atoms with E-state index in [4.69, 9.17) is 9.84 Å². The molecule has 1 unspecified atom stereocenters. The Morgan fingerprint density at radius 2 is 2.36 bits per heavy atom. The van der Waals surface area contributed by atoms with Gasteiger partial charge in [-0.1, -0.05) is 0 Å². The van der Waals surface area contributed by atoms with Crippen molar-refractivity contribution in [2.24, 2.45) is 0 Å². The number of aliphatic carboxylic acids is 1. The van der Waals surface area contributed by atoms with Gasteiger partial charge in [0.05, 0.1) is 19.8 Å². The first kappa shape index (κ1) is 11.4. The summed E-state index contributed by atoms with van der Waals surface area (Å²) in [6.07, 6.45) is 0. The lowest BCUT2D eigenvalue weighted by molar-refractivity contribution is -0.140. The third-order valence-electron chi connectivity index (χ3n) is 2.26. The lowest BCUT2D eigenvalue weighted by Gasteiger charge is -2.35. The third-order valence-corrected chi connectivity index (χ3v) is 2.26. The van der Waals surface area contributed by atoms with E-state index in [2.05, 4.69) is 0 Å². The monoisotopic (exact) mass is 202 g/mol. The normalized spacial score (nSPS) is 24.1. The summed E-state index contributed by atoms with van der Waals surface area (Å²) in [5.41, 5.74) is 0. The first-order valence-electron chi connectivity index (χ1n) is 4.78. The number of morpholine rings is 1. The molecule has 1 aliphatic heterocycles. The maximum absolute atomic E-state index is 10.6. The van der Waals surface area contributed by atoms with Crippen LogP contribution in [0.2, 0.25) is 0 Å². The van der Waals surface area contributed by atoms with Crippen LogP contribution in [0.5, 0.6) is 0 Å². The molecule has 1 fully saturated rings. The van der Waals surface area contributed by atoms with Crippen LogP contribution in [0.3, 0.4) is 0 Å². The van der Waals surface area contributed by atoms with E-state index in [0.29, 0.717) is 19.8 Å². The van der Waals surface area contributed by atoms with Crippen LogP contribution in [0.25, 0.3) is 0 Å². The Morgan fingerprint density at radius 3 is 2.93 bits per heavy atom. The van der Waals surface area contributed by atoms with Crippen LogP contribution < -0.4 is 0 Å². The van der Waals surface area contributed by atoms with Gasteiger partial charge in [-0.15, -0.1) is 0 Å². The van der Waals surface area contributed by atoms with Gasteiger partial charge in [0.1, 0.15) is 0 Å². The fourth-order valence-electron chi connectivity index (χ4n) is 1.66. The highest BCUT2D eigenvalue weighted by atomic mass is 16.5. The number of hydrogen-bond acceptors (Lipinski definition) is 4. The Labute approximate surface area is 84.2 Å². The van der Waals surface area contributed by atoms with Crippen molar-refractivity contribution in [2.75, 3.05) is 46.9 Å². The van der Waals surface area contributed by atoms with E-state index in [1.165, 1.54) is 0 Å². The minimum absolute atomic E-state index is 0.113. The predicted octanol–water partition coefficient (Wildman–Crippen LogP) is -0.667. The van der Waals surface area contributed by atoms with E-state index in [1.54, 1.807) is 0 Å². The van der Waals surface area contributed by atoms with Crippen molar-refractivity contribution in [1.29, 1.82) is 0 Å². The van der Waals surface area contributed by atoms with Crippen LogP contribution in [-0.2, 0) is 9.53 Å². The molecule has 0 aromatic rings. The molecule has 5 nitrogen and oxygen atoms in total. The van der Waals surface area contributed by atoms with Gasteiger partial charge in [0.2, 0.25) is 0 Å². The van der Waals surface area contributed by atoms with Crippen molar-refractivity contribution in [3.05, 3.63) is 0 Å². The van der Waals surface area contributed by atoms with Gasteiger partial charge in [-0.05, 0) is 14.1 Å². The molecule has 14 heavy (non-hydrogen) atoms. The molecule has 1 atom stereocenters. The zero-order chi connectivity index (χ0) is 10.6. The van der Waals surface area contributed by atoms with Gasteiger partial charge in [-0.3, -0.25) is 9.69 Å². The molecule has 0 aromatic carbocycles. The molecule has 1 saturated heterocycles. The van der Waals surface area contributed by atoms with Crippen LogP contribution in [-0.4, -0.2) is 73.9 Å². The summed E-state index contributed by atoms with van der Waals surface area (Å²) in [5, 5.41) is 8.72. The summed E-state index contributed by atoms with van der Waals surface area (Å²) >= 11 is 0. The second kappa shape index (κ2) is 5.29. The van der Waals surface area contributed by atoms with E-state index in [9.17, 15) is 4.79 Å². The lowest BCUT2D eigenvalue weighted by Crippen LogP contribution is -2.51. The Kier molecular flexibility index (Phi) is 4.31. The minimum atomic E-state index is -0.768. The Balaban J connectivity index is 2.45. The molecule has 0 saturated carbocycles. The van der Waals surface area contributed by atoms with Gasteiger partial charge in [0.15, 0.2) is 0 Å². The van der Waals surface area contributed by atoms with Crippen molar-refractivity contribution in [1.82, 2.24) is 9.80 Å². The second-order valence-electron chi connectivity index (χ2n) is 3.86. The highest BCUT2D eigenvalue weighted by Gasteiger charge is 2.24. The summed E-state index contributed by atoms with van der Waals surface area (Å²) < 4.78 is 5.33. The summed E-state index contributed by atoms with van der Waals surface area (Å²) in [6, 6.07) is 0.204. The topological polar surface area (TPSA) is 53.0 Å². The quantitative estimate of drug-likeness (QED) is 0.655. The molecule has 1 rings (SSSR count). The summed E-state index contributed by atoms with van der Waals surface area (Å²) in [4.78, 5) is 14.6. The number of carboxylic acids is 1. The molecule has 0 aliphatic carbocycles. The van der Waals surface area contributed by atoms with Crippen molar-refractivity contribution in [3.63, 3.8) is 0 Å². The van der Waals surface area contributed by atoms with Gasteiger partial charge in [0, 0.05) is 19.1 Å². The highest BCUT2D eigenvalue weighted by molar-refractivity contribution is 5.69. The van der Waals surface area contributed by atoms with Crippen LogP contribution >= 0.6 is 0 Å². The van der Waals surface area contributed by atoms with E-state index in [0.717, 1.165) is 6.54 Å². The Morgan fingerprint density at radius 1 is 1.64 bits per heavy atom. The number of nitrogens with zero attached hydrogens (tertiary/aromatic N) is 2. The second-order valence-corrected chi connectivity index (χ2v) is 3.86. The van der Waals surface area contributed by atoms with Crippen LogP contribution in [0.1, 0.15) is 0 Å². The van der Waals surface area contributed by atoms with Gasteiger partial charge in [-0.2, -0.15) is 0 Å². The van der Waals surface area contributed by atoms with Crippen molar-refractivity contribution in [3.8, 4) is 0 Å². The first-order chi connectivity index (χ1) is 6.59. The largest absolute Gasteiger partial charge is 0.480 e. The summed E-state index contributed by atoms with van der Waals surface area (Å²) in [7, 11) is 3.96. The molecule has 82 valence electrons. The maximum Gasteiger partial charge on any atom is 0.317 e. The van der Waals surface area contributed by atoms with Gasteiger partial charge < -0.3 is 14.7 Å². The van der Waals surface area contributed by atoms with E-state index < -0.39 is 5.97 Å². The number of ether oxygens (including phenoxy) is 1. The highest BCUT2D eigenvalue weighted by Crippen LogP contribution is 2.07. The van der Waals surface area contributed by atoms with Crippen molar-refractivity contribution < 1.29 is 14.6 Å². The molecule has 5 heteroatoms. The maximum atomic E-state index is 10.6. The Hall–Kier alpha value is -0.650. The Bertz CT molecular complexity index is 196. The first-order valence-corrected chi connectivity index (χ1v) is 4.78. The molecular weight excluding hydrogens is 184 g/mol. The summed E-state index contributed by atoms with van der Waals surface area (Å²) in [6.45, 7) is 2.93. The average molecular weight is 202 g/mol. The van der Waals surface area contributed by atoms with E-state index >= 15 is 0 Å². The van der Waals surface area contributed by atoms with E-state index in [1.807, 2.05) is 23.9 Å². The number of carboxylic acid groups (broad SMARTS) is 1. The molecule has 0 amide bonds. The number of rotatable bonds is 4. The molecule has 0 radical (unpaired) electrons. The van der Waals surface area contributed by atoms with Crippen LogP contribution in [0, 0.1) is 0 Å². The molecule has 0 spiro atoms. The van der Waals surface area contributed by atoms with Crippen LogP contribution in [0.4, 0.5) is 0 Å². The molecule has 0 aromatic heterocycles. The number of carbonyl (C=O) groups is 1. The van der Waals surface area contributed by atoms with Crippen LogP contribution in [0.15, 0.2) is 0 Å². The average Bonchev–Trinajstić information content (AvgIpc) is 2.06. The van der Waals surface area contributed by atoms with E-state index in [-0.39, 0.29) is 12.6 Å². The van der Waals surface area contributed by atoms with Crippen molar-refractivity contribution >= 4 is 5.97 Å². The standard InChI is InChI=1S/C9H18N2O3/c1-10(2)5-8-7-14-4-3-11(8)6-9(12)13/h8H,3-7H2,1-2H3,(H,12,13). The smallest absolute Gasteiger partial charge is 0.317 e. The fourth-order valence-corrected chi connectivity index (χ4v) is 1.66. The minimum Gasteiger partial charge on any atom is -0.480 e. The zero-order valence-electron chi connectivity index (χ0n) is 8.77. The number of likely N-dealkylation sites (N-methyl/N-ethyl adjacent to an activating group) is 1. The molecule has 1 aliphatic rings. The van der Waals surface area contributed by atoms with Crippen molar-refractivity contribution in [2.45, 2.75) is 6.04 Å². The zero-order valence-corrected chi connectivity index (χ0v) is 8.77. The SMILES string of the molecule is CN(C)CC1COCCN1CC(=O)O. The third kappa shape index (κ3) is 3.61. The number of hydrogen-bond donors (Lipinski definition) is 1. The predicted molar refractivity (Wildman–Crippen MR) is 52.4 cm³/mol. The molecular formula is C9H18N2O3. The van der Waals surface area contributed by atoms with Gasteiger partial charge in [-0.25, -0.2) is 0 Å².